The number of amides is 2. The lowest BCUT2D eigenvalue weighted by Crippen LogP contribution is -2.33. The van der Waals surface area contributed by atoms with Gasteiger partial charge in [-0.25, -0.2) is 4.90 Å². The molecule has 1 saturated heterocycles. The number of aromatic carboxylic acids is 1. The van der Waals surface area contributed by atoms with Crippen LogP contribution in [0.25, 0.3) is 0 Å². The number of carbonyl (C=O) groups excluding carboxylic acids is 3. The molecular weight excluding hydrogens is 270 g/mol. The van der Waals surface area contributed by atoms with Crippen molar-refractivity contribution in [2.24, 2.45) is 23.7 Å². The lowest BCUT2D eigenvalue weighted by molar-refractivity contribution is -0.255. The molecule has 2 fully saturated rings. The zero-order valence-corrected chi connectivity index (χ0v) is 11.1. The number of fused-ring (bicyclic) bond motifs is 5. The van der Waals surface area contributed by atoms with E-state index in [0.717, 1.165) is 11.3 Å². The molecule has 2 amide bonds. The first-order valence-electron chi connectivity index (χ1n) is 6.95. The summed E-state index contributed by atoms with van der Waals surface area (Å²) in [5.74, 6) is -2.01. The largest absolute Gasteiger partial charge is 0.545 e. The molecule has 1 aliphatic heterocycles. The number of allylic oxidation sites excluding steroid dienone is 2. The fourth-order valence-corrected chi connectivity index (χ4v) is 3.93. The van der Waals surface area contributed by atoms with Gasteiger partial charge in [0.05, 0.1) is 23.5 Å². The van der Waals surface area contributed by atoms with E-state index in [4.69, 9.17) is 0 Å². The average molecular weight is 282 g/mol. The summed E-state index contributed by atoms with van der Waals surface area (Å²) in [7, 11) is 0. The van der Waals surface area contributed by atoms with Gasteiger partial charge < -0.3 is 9.90 Å². The number of imide groups is 1. The topological polar surface area (TPSA) is 77.5 Å². The van der Waals surface area contributed by atoms with Gasteiger partial charge in [-0.1, -0.05) is 24.3 Å². The molecule has 5 heteroatoms. The van der Waals surface area contributed by atoms with Crippen LogP contribution in [0.5, 0.6) is 0 Å². The highest BCUT2D eigenvalue weighted by atomic mass is 16.4. The summed E-state index contributed by atoms with van der Waals surface area (Å²) >= 11 is 0. The lowest BCUT2D eigenvalue weighted by atomic mass is 9.85. The minimum Gasteiger partial charge on any atom is -0.545 e. The number of anilines is 1. The van der Waals surface area contributed by atoms with Gasteiger partial charge in [-0.2, -0.15) is 0 Å². The molecule has 1 aromatic carbocycles. The number of carboxylic acid groups (broad SMARTS) is 1. The highest BCUT2D eigenvalue weighted by molar-refractivity contribution is 6.23. The van der Waals surface area contributed by atoms with Crippen LogP contribution in [0.4, 0.5) is 5.69 Å². The molecular formula is C16H12NO4-. The minimum absolute atomic E-state index is 0.0359. The zero-order valence-electron chi connectivity index (χ0n) is 11.1. The van der Waals surface area contributed by atoms with Crippen LogP contribution in [0.15, 0.2) is 36.4 Å². The molecule has 5 nitrogen and oxygen atoms in total. The molecule has 4 atom stereocenters. The molecule has 0 aromatic heterocycles. The Labute approximate surface area is 120 Å². The second-order valence-corrected chi connectivity index (χ2v) is 5.85. The Kier molecular flexibility index (Phi) is 2.37. The van der Waals surface area contributed by atoms with E-state index in [1.165, 1.54) is 18.2 Å². The summed E-state index contributed by atoms with van der Waals surface area (Å²) in [6.45, 7) is 0. The van der Waals surface area contributed by atoms with Crippen LogP contribution in [0.1, 0.15) is 16.8 Å². The van der Waals surface area contributed by atoms with Gasteiger partial charge in [0.25, 0.3) is 0 Å². The van der Waals surface area contributed by atoms with Gasteiger partial charge in [0.2, 0.25) is 11.8 Å². The van der Waals surface area contributed by atoms with Crippen LogP contribution >= 0.6 is 0 Å². The third-order valence-electron chi connectivity index (χ3n) is 4.81. The Bertz CT molecular complexity index is 678. The summed E-state index contributed by atoms with van der Waals surface area (Å²) in [4.78, 5) is 37.2. The van der Waals surface area contributed by atoms with E-state index in [1.54, 1.807) is 6.07 Å². The zero-order chi connectivity index (χ0) is 14.7. The molecule has 106 valence electrons. The van der Waals surface area contributed by atoms with Gasteiger partial charge in [0.1, 0.15) is 0 Å². The van der Waals surface area contributed by atoms with Gasteiger partial charge >= 0.3 is 0 Å². The molecule has 21 heavy (non-hydrogen) atoms. The standard InChI is InChI=1S/C16H13NO4/c18-14-12-8-4-5-9(6-8)13(12)15(19)17(14)11-3-1-2-10(7-11)16(20)21/h1-5,7-9,12-13H,6H2,(H,20,21)/p-1/t8-,9+,12-,13-/m0/s1. The predicted molar refractivity (Wildman–Crippen MR) is 71.0 cm³/mol. The Balaban J connectivity index is 1.74. The maximum absolute atomic E-state index is 12.6. The van der Waals surface area contributed by atoms with Crippen molar-refractivity contribution in [2.75, 3.05) is 4.90 Å². The fraction of sp³-hybridized carbons (Fsp3) is 0.312. The van der Waals surface area contributed by atoms with E-state index in [1.807, 2.05) is 12.2 Å². The number of benzene rings is 1. The maximum atomic E-state index is 12.6. The van der Waals surface area contributed by atoms with Gasteiger partial charge in [0, 0.05) is 0 Å². The third-order valence-corrected chi connectivity index (χ3v) is 4.81. The van der Waals surface area contributed by atoms with Crippen molar-refractivity contribution in [3.05, 3.63) is 42.0 Å². The molecule has 3 aliphatic rings. The van der Waals surface area contributed by atoms with Crippen molar-refractivity contribution in [3.63, 3.8) is 0 Å². The normalized spacial score (nSPS) is 32.9. The molecule has 1 aromatic rings. The van der Waals surface area contributed by atoms with Crippen LogP contribution in [-0.4, -0.2) is 17.8 Å². The number of hydrogen-bond acceptors (Lipinski definition) is 4. The summed E-state index contributed by atoms with van der Waals surface area (Å²) in [6.07, 6.45) is 4.93. The Morgan fingerprint density at radius 2 is 1.71 bits per heavy atom. The van der Waals surface area contributed by atoms with Crippen LogP contribution < -0.4 is 10.0 Å². The molecule has 1 saturated carbocycles. The van der Waals surface area contributed by atoms with E-state index in [2.05, 4.69) is 0 Å². The molecule has 2 aliphatic carbocycles. The van der Waals surface area contributed by atoms with Crippen molar-refractivity contribution >= 4 is 23.5 Å². The molecule has 4 rings (SSSR count). The van der Waals surface area contributed by atoms with Crippen LogP contribution in [0.2, 0.25) is 0 Å². The second kappa shape index (κ2) is 4.04. The SMILES string of the molecule is O=C([O-])c1cccc(N2C(=O)[C@@H]3[C@@H](C2=O)[C@H]2C=C[C@@H]3C2)c1. The summed E-state index contributed by atoms with van der Waals surface area (Å²) in [5.41, 5.74) is 0.284. The number of carboxylic acids is 1. The number of rotatable bonds is 2. The van der Waals surface area contributed by atoms with Gasteiger partial charge in [-0.05, 0) is 36.0 Å². The average Bonchev–Trinajstić information content (AvgIpc) is 3.13. The van der Waals surface area contributed by atoms with E-state index in [9.17, 15) is 19.5 Å². The van der Waals surface area contributed by atoms with E-state index >= 15 is 0 Å². The fourth-order valence-electron chi connectivity index (χ4n) is 3.93. The number of carbonyl (C=O) groups is 3. The van der Waals surface area contributed by atoms with Crippen LogP contribution in [-0.2, 0) is 9.59 Å². The van der Waals surface area contributed by atoms with Gasteiger partial charge in [-0.15, -0.1) is 0 Å². The van der Waals surface area contributed by atoms with E-state index in [-0.39, 0.29) is 41.0 Å². The smallest absolute Gasteiger partial charge is 0.238 e. The summed E-state index contributed by atoms with van der Waals surface area (Å²) in [5, 5.41) is 10.9. The van der Waals surface area contributed by atoms with E-state index in [0.29, 0.717) is 5.69 Å². The lowest BCUT2D eigenvalue weighted by Gasteiger charge is -2.18. The monoisotopic (exact) mass is 282 g/mol. The number of hydrogen-bond donors (Lipinski definition) is 0. The molecule has 2 bridgehead atoms. The third kappa shape index (κ3) is 1.54. The first-order valence-corrected chi connectivity index (χ1v) is 6.95. The Morgan fingerprint density at radius 3 is 2.29 bits per heavy atom. The first-order chi connectivity index (χ1) is 10.1. The summed E-state index contributed by atoms with van der Waals surface area (Å²) in [6, 6.07) is 5.80. The molecule has 0 unspecified atom stereocenters. The van der Waals surface area contributed by atoms with Crippen molar-refractivity contribution in [2.45, 2.75) is 6.42 Å². The van der Waals surface area contributed by atoms with E-state index < -0.39 is 5.97 Å². The molecule has 0 spiro atoms. The molecule has 0 radical (unpaired) electrons. The first kappa shape index (κ1) is 12.3. The highest BCUT2D eigenvalue weighted by Crippen LogP contribution is 2.53. The highest BCUT2D eigenvalue weighted by Gasteiger charge is 2.59. The Hall–Kier alpha value is -2.43. The maximum Gasteiger partial charge on any atom is 0.238 e. The quantitative estimate of drug-likeness (QED) is 0.579. The molecule has 1 heterocycles. The summed E-state index contributed by atoms with van der Waals surface area (Å²) < 4.78 is 0. The van der Waals surface area contributed by atoms with Crippen molar-refractivity contribution in [1.82, 2.24) is 0 Å². The number of nitrogens with zero attached hydrogens (tertiary/aromatic N) is 1. The van der Waals surface area contributed by atoms with Gasteiger partial charge in [-0.3, -0.25) is 9.59 Å². The van der Waals surface area contributed by atoms with Gasteiger partial charge in [0.15, 0.2) is 0 Å². The Morgan fingerprint density at radius 1 is 1.10 bits per heavy atom. The molecule has 0 N–H and O–H groups in total. The van der Waals surface area contributed by atoms with Crippen LogP contribution in [0.3, 0.4) is 0 Å². The van der Waals surface area contributed by atoms with Crippen molar-refractivity contribution in [1.29, 1.82) is 0 Å². The predicted octanol–water partition coefficient (Wildman–Crippen LogP) is 0.362. The second-order valence-electron chi connectivity index (χ2n) is 5.85. The minimum atomic E-state index is -1.32. The van der Waals surface area contributed by atoms with Crippen LogP contribution in [0, 0.1) is 23.7 Å². The van der Waals surface area contributed by atoms with Crippen molar-refractivity contribution in [3.8, 4) is 0 Å². The van der Waals surface area contributed by atoms with Crippen molar-refractivity contribution < 1.29 is 19.5 Å².